The van der Waals surface area contributed by atoms with Gasteiger partial charge in [-0.3, -0.25) is 4.79 Å². The molecule has 168 valence electrons. The summed E-state index contributed by atoms with van der Waals surface area (Å²) in [5.41, 5.74) is 3.01. The first-order chi connectivity index (χ1) is 15.2. The highest BCUT2D eigenvalue weighted by atomic mass is 32.2. The van der Waals surface area contributed by atoms with Crippen LogP contribution >= 0.6 is 0 Å². The molecule has 3 aromatic carbocycles. The summed E-state index contributed by atoms with van der Waals surface area (Å²) in [5.74, 6) is 1.17. The van der Waals surface area contributed by atoms with E-state index < -0.39 is 16.1 Å². The first-order valence-corrected chi connectivity index (χ1v) is 11.3. The third-order valence-electron chi connectivity index (χ3n) is 4.83. The number of amides is 1. The van der Waals surface area contributed by atoms with Gasteiger partial charge < -0.3 is 20.1 Å². The van der Waals surface area contributed by atoms with Gasteiger partial charge in [0.05, 0.1) is 19.1 Å². The topological polar surface area (TPSA) is 120 Å². The van der Waals surface area contributed by atoms with Crippen molar-refractivity contribution in [1.29, 1.82) is 0 Å². The van der Waals surface area contributed by atoms with Crippen LogP contribution in [0.15, 0.2) is 71.6 Å². The first kappa shape index (κ1) is 23.1. The van der Waals surface area contributed by atoms with Crippen LogP contribution < -0.4 is 25.2 Å². The molecular weight excluding hydrogens is 430 g/mol. The number of anilines is 2. The minimum Gasteiger partial charge on any atom is -0.497 e. The maximum Gasteiger partial charge on any atom is 0.246 e. The van der Waals surface area contributed by atoms with E-state index in [-0.39, 0.29) is 10.8 Å². The molecule has 3 aromatic rings. The van der Waals surface area contributed by atoms with Gasteiger partial charge in [0.1, 0.15) is 17.5 Å². The average Bonchev–Trinajstić information content (AvgIpc) is 2.78. The van der Waals surface area contributed by atoms with E-state index in [1.54, 1.807) is 21.1 Å². The van der Waals surface area contributed by atoms with Crippen LogP contribution in [0.25, 0.3) is 11.1 Å². The Morgan fingerprint density at radius 1 is 0.906 bits per heavy atom. The highest BCUT2D eigenvalue weighted by Gasteiger charge is 2.15. The third-order valence-corrected chi connectivity index (χ3v) is 5.76. The normalized spacial score (nSPS) is 12.0. The highest BCUT2D eigenvalue weighted by Crippen LogP contribution is 2.33. The average molecular weight is 456 g/mol. The van der Waals surface area contributed by atoms with E-state index in [0.717, 1.165) is 22.6 Å². The zero-order valence-electron chi connectivity index (χ0n) is 18.0. The summed E-state index contributed by atoms with van der Waals surface area (Å²) in [5, 5.41) is 11.0. The lowest BCUT2D eigenvalue weighted by molar-refractivity contribution is -0.116. The number of sulfonamides is 1. The Bertz CT molecular complexity index is 1190. The van der Waals surface area contributed by atoms with Crippen molar-refractivity contribution in [2.24, 2.45) is 5.14 Å². The van der Waals surface area contributed by atoms with Gasteiger partial charge >= 0.3 is 0 Å². The molecule has 0 aliphatic carbocycles. The molecule has 1 amide bonds. The summed E-state index contributed by atoms with van der Waals surface area (Å²) in [4.78, 5) is 12.6. The van der Waals surface area contributed by atoms with Crippen molar-refractivity contribution in [3.63, 3.8) is 0 Å². The number of primary sulfonamides is 1. The Kier molecular flexibility index (Phi) is 7.01. The van der Waals surface area contributed by atoms with Crippen molar-refractivity contribution in [3.8, 4) is 22.6 Å². The molecule has 3 rings (SSSR count). The second kappa shape index (κ2) is 9.71. The Morgan fingerprint density at radius 3 is 2.09 bits per heavy atom. The van der Waals surface area contributed by atoms with Gasteiger partial charge in [-0.05, 0) is 67.1 Å². The maximum absolute atomic E-state index is 12.6. The summed E-state index contributed by atoms with van der Waals surface area (Å²) in [6.45, 7) is 1.73. The summed E-state index contributed by atoms with van der Waals surface area (Å²) in [7, 11) is -0.568. The van der Waals surface area contributed by atoms with Crippen molar-refractivity contribution in [2.45, 2.75) is 17.9 Å². The van der Waals surface area contributed by atoms with Crippen LogP contribution in [-0.4, -0.2) is 34.6 Å². The molecule has 1 atom stereocenters. The number of carbonyl (C=O) groups excluding carboxylic acids is 1. The molecule has 0 saturated carbocycles. The lowest BCUT2D eigenvalue weighted by Gasteiger charge is -2.17. The van der Waals surface area contributed by atoms with Gasteiger partial charge in [0.15, 0.2) is 0 Å². The van der Waals surface area contributed by atoms with Gasteiger partial charge in [0.2, 0.25) is 15.9 Å². The van der Waals surface area contributed by atoms with E-state index in [2.05, 4.69) is 10.6 Å². The Labute approximate surface area is 187 Å². The molecule has 0 bridgehead atoms. The van der Waals surface area contributed by atoms with Gasteiger partial charge in [0, 0.05) is 16.9 Å². The zero-order valence-corrected chi connectivity index (χ0v) is 18.8. The van der Waals surface area contributed by atoms with Crippen LogP contribution in [0.4, 0.5) is 11.4 Å². The second-order valence-corrected chi connectivity index (χ2v) is 8.63. The smallest absolute Gasteiger partial charge is 0.246 e. The number of carbonyl (C=O) groups is 1. The SMILES string of the molecule is COc1ccc(-c2cc(N[C@H](C)C(=O)Nc3ccc(S(N)(=O)=O)cc3)ccc2OC)cc1. The molecule has 0 heterocycles. The Morgan fingerprint density at radius 2 is 1.53 bits per heavy atom. The minimum absolute atomic E-state index is 0.0223. The molecule has 8 nitrogen and oxygen atoms in total. The van der Waals surface area contributed by atoms with E-state index >= 15 is 0 Å². The fraction of sp³-hybridized carbons (Fsp3) is 0.174. The molecule has 0 spiro atoms. The molecule has 0 aliphatic heterocycles. The van der Waals surface area contributed by atoms with Crippen LogP contribution in [0.1, 0.15) is 6.92 Å². The monoisotopic (exact) mass is 455 g/mol. The van der Waals surface area contributed by atoms with Crippen LogP contribution in [0.3, 0.4) is 0 Å². The molecule has 0 unspecified atom stereocenters. The number of benzene rings is 3. The number of nitrogens with one attached hydrogen (secondary N) is 2. The summed E-state index contributed by atoms with van der Waals surface area (Å²) in [6, 6.07) is 18.3. The number of nitrogens with two attached hydrogens (primary N) is 1. The van der Waals surface area contributed by atoms with E-state index in [9.17, 15) is 13.2 Å². The van der Waals surface area contributed by atoms with Crippen LogP contribution in [-0.2, 0) is 14.8 Å². The molecular formula is C23H25N3O5S. The number of rotatable bonds is 8. The summed E-state index contributed by atoms with van der Waals surface area (Å²) in [6.07, 6.45) is 0. The van der Waals surface area contributed by atoms with Gasteiger partial charge in [-0.15, -0.1) is 0 Å². The second-order valence-electron chi connectivity index (χ2n) is 7.07. The lowest BCUT2D eigenvalue weighted by atomic mass is 10.0. The van der Waals surface area contributed by atoms with E-state index in [0.29, 0.717) is 11.4 Å². The van der Waals surface area contributed by atoms with Crippen molar-refractivity contribution >= 4 is 27.3 Å². The highest BCUT2D eigenvalue weighted by molar-refractivity contribution is 7.89. The molecule has 0 saturated heterocycles. The third kappa shape index (κ3) is 5.57. The number of ether oxygens (including phenoxy) is 2. The van der Waals surface area contributed by atoms with Gasteiger partial charge in [-0.25, -0.2) is 13.6 Å². The number of methoxy groups -OCH3 is 2. The molecule has 0 fully saturated rings. The van der Waals surface area contributed by atoms with Crippen molar-refractivity contribution < 1.29 is 22.7 Å². The molecule has 4 N–H and O–H groups in total. The maximum atomic E-state index is 12.6. The first-order valence-electron chi connectivity index (χ1n) is 9.74. The molecule has 32 heavy (non-hydrogen) atoms. The fourth-order valence-corrected chi connectivity index (χ4v) is 3.60. The van der Waals surface area contributed by atoms with Gasteiger partial charge in [0.25, 0.3) is 0 Å². The fourth-order valence-electron chi connectivity index (χ4n) is 3.09. The summed E-state index contributed by atoms with van der Waals surface area (Å²) < 4.78 is 33.4. The van der Waals surface area contributed by atoms with Crippen molar-refractivity contribution in [2.75, 3.05) is 24.9 Å². The van der Waals surface area contributed by atoms with Crippen LogP contribution in [0, 0.1) is 0 Å². The summed E-state index contributed by atoms with van der Waals surface area (Å²) >= 11 is 0. The molecule has 0 aromatic heterocycles. The predicted octanol–water partition coefficient (Wildman–Crippen LogP) is 3.46. The molecule has 0 aliphatic rings. The van der Waals surface area contributed by atoms with Crippen LogP contribution in [0.5, 0.6) is 11.5 Å². The van der Waals surface area contributed by atoms with Crippen molar-refractivity contribution in [3.05, 3.63) is 66.7 Å². The largest absolute Gasteiger partial charge is 0.497 e. The van der Waals surface area contributed by atoms with Gasteiger partial charge in [-0.1, -0.05) is 12.1 Å². The lowest BCUT2D eigenvalue weighted by Crippen LogP contribution is -2.31. The standard InChI is InChI=1S/C23H25N3O5S/c1-15(23(27)26-17-6-11-20(12-7-17)32(24,28)29)25-18-8-13-22(31-3)21(14-18)16-4-9-19(30-2)10-5-16/h4-15,25H,1-3H3,(H,26,27)(H2,24,28,29)/t15-/m1/s1. The van der Waals surface area contributed by atoms with Crippen LogP contribution in [0.2, 0.25) is 0 Å². The zero-order chi connectivity index (χ0) is 23.3. The molecule has 0 radical (unpaired) electrons. The van der Waals surface area contributed by atoms with E-state index in [1.165, 1.54) is 24.3 Å². The number of hydrogen-bond acceptors (Lipinski definition) is 6. The number of hydrogen-bond donors (Lipinski definition) is 3. The van der Waals surface area contributed by atoms with E-state index in [1.807, 2.05) is 42.5 Å². The predicted molar refractivity (Wildman–Crippen MR) is 125 cm³/mol. The molecule has 9 heteroatoms. The van der Waals surface area contributed by atoms with Crippen molar-refractivity contribution in [1.82, 2.24) is 0 Å². The van der Waals surface area contributed by atoms with E-state index in [4.69, 9.17) is 14.6 Å². The Hall–Kier alpha value is -3.56. The van der Waals surface area contributed by atoms with Gasteiger partial charge in [-0.2, -0.15) is 0 Å². The quantitative estimate of drug-likeness (QED) is 0.479. The Balaban J connectivity index is 1.73. The minimum atomic E-state index is -3.78.